The molecule has 0 aromatic heterocycles. The normalized spacial score (nSPS) is 20.9. The third-order valence-electron chi connectivity index (χ3n) is 6.66. The van der Waals surface area contributed by atoms with Crippen molar-refractivity contribution in [1.29, 1.82) is 0 Å². The topological polar surface area (TPSA) is 191 Å². The second-order valence-electron chi connectivity index (χ2n) is 10.4. The summed E-state index contributed by atoms with van der Waals surface area (Å²) in [5, 5.41) is 4.96. The number of alkyl carbamates (subject to hydrolysis) is 1. The lowest BCUT2D eigenvalue weighted by Gasteiger charge is -2.44. The van der Waals surface area contributed by atoms with Gasteiger partial charge in [0.2, 0.25) is 5.91 Å². The first-order valence-electron chi connectivity index (χ1n) is 14.6. The van der Waals surface area contributed by atoms with Crippen LogP contribution >= 0.6 is 0 Å². The van der Waals surface area contributed by atoms with E-state index in [1.807, 2.05) is 0 Å². The van der Waals surface area contributed by atoms with Crippen LogP contribution in [0, 0.1) is 0 Å². The molecule has 0 aliphatic carbocycles. The number of esters is 4. The van der Waals surface area contributed by atoms with Gasteiger partial charge in [-0.1, -0.05) is 60.7 Å². The van der Waals surface area contributed by atoms with E-state index in [-0.39, 0.29) is 13.2 Å². The highest BCUT2D eigenvalue weighted by Crippen LogP contribution is 2.28. The van der Waals surface area contributed by atoms with Gasteiger partial charge >= 0.3 is 30.0 Å². The Kier molecular flexibility index (Phi) is 14.1. The van der Waals surface area contributed by atoms with Crippen molar-refractivity contribution in [2.45, 2.75) is 77.1 Å². The van der Waals surface area contributed by atoms with Gasteiger partial charge in [0.1, 0.15) is 38.0 Å². The summed E-state index contributed by atoms with van der Waals surface area (Å²) in [6, 6.07) is 14.8. The molecule has 1 saturated heterocycles. The van der Waals surface area contributed by atoms with Crippen LogP contribution in [0.5, 0.6) is 0 Å². The fourth-order valence-corrected chi connectivity index (χ4v) is 4.62. The first kappa shape index (κ1) is 36.4. The van der Waals surface area contributed by atoms with Crippen molar-refractivity contribution in [3.8, 4) is 0 Å². The molecule has 2 aromatic rings. The zero-order valence-corrected chi connectivity index (χ0v) is 26.4. The number of amides is 2. The number of carbonyl (C=O) groups is 6. The number of benzene rings is 2. The van der Waals surface area contributed by atoms with E-state index in [4.69, 9.17) is 33.2 Å². The van der Waals surface area contributed by atoms with Crippen molar-refractivity contribution >= 4 is 35.9 Å². The van der Waals surface area contributed by atoms with Crippen LogP contribution in [-0.2, 0) is 70.3 Å². The van der Waals surface area contributed by atoms with E-state index in [1.165, 1.54) is 7.11 Å². The number of hydrogen-bond donors (Lipinski definition) is 2. The molecule has 1 fully saturated rings. The Balaban J connectivity index is 1.80. The fraction of sp³-hybridized carbons (Fsp3) is 0.438. The minimum absolute atomic E-state index is 0.101. The average molecular weight is 659 g/mol. The summed E-state index contributed by atoms with van der Waals surface area (Å²) in [5.41, 5.74) is 1.36. The molecule has 1 aliphatic heterocycles. The number of methoxy groups -OCH3 is 1. The molecule has 0 saturated carbocycles. The standard InChI is InChI=1S/C32H38N2O13/c1-19(35)42-18-25-28(45-20(2)36)29(46-21(3)37)27(31(41-4)47-25)34-26(38)15-24(30(39)43-16-22-11-7-5-8-12-22)33-32(40)44-17-23-13-9-6-10-14-23/h5-14,24-25,27-29,31H,15-18H2,1-4H3,(H,33,40)(H,34,38)/t24?,25-,27-,28-,29-,31-/m1/s1. The summed E-state index contributed by atoms with van der Waals surface area (Å²) in [7, 11) is 1.25. The molecule has 2 aromatic carbocycles. The van der Waals surface area contributed by atoms with Gasteiger partial charge in [-0.25, -0.2) is 9.59 Å². The van der Waals surface area contributed by atoms with E-state index >= 15 is 0 Å². The highest BCUT2D eigenvalue weighted by atomic mass is 16.7. The number of hydrogen-bond acceptors (Lipinski definition) is 13. The van der Waals surface area contributed by atoms with Crippen molar-refractivity contribution in [3.05, 3.63) is 71.8 Å². The van der Waals surface area contributed by atoms with Gasteiger partial charge in [-0.05, 0) is 11.1 Å². The molecule has 1 aliphatic rings. The van der Waals surface area contributed by atoms with E-state index in [2.05, 4.69) is 10.6 Å². The lowest BCUT2D eigenvalue weighted by molar-refractivity contribution is -0.271. The smallest absolute Gasteiger partial charge is 0.408 e. The van der Waals surface area contributed by atoms with Gasteiger partial charge < -0.3 is 43.8 Å². The quantitative estimate of drug-likeness (QED) is 0.220. The van der Waals surface area contributed by atoms with Crippen LogP contribution in [0.2, 0.25) is 0 Å². The maximum absolute atomic E-state index is 13.4. The minimum atomic E-state index is -1.51. The van der Waals surface area contributed by atoms with Crippen LogP contribution in [0.4, 0.5) is 4.79 Å². The summed E-state index contributed by atoms with van der Waals surface area (Å²) in [6.07, 6.45) is -6.81. The van der Waals surface area contributed by atoms with Gasteiger partial charge in [-0.2, -0.15) is 0 Å². The molecule has 6 atom stereocenters. The Bertz CT molecular complexity index is 1370. The van der Waals surface area contributed by atoms with Crippen molar-refractivity contribution in [2.24, 2.45) is 0 Å². The molecular weight excluding hydrogens is 620 g/mol. The van der Waals surface area contributed by atoms with E-state index in [9.17, 15) is 28.8 Å². The van der Waals surface area contributed by atoms with Crippen molar-refractivity contribution in [2.75, 3.05) is 13.7 Å². The molecule has 47 heavy (non-hydrogen) atoms. The van der Waals surface area contributed by atoms with Crippen LogP contribution in [0.25, 0.3) is 0 Å². The second kappa shape index (κ2) is 18.2. The summed E-state index contributed by atoms with van der Waals surface area (Å²) < 4.78 is 37.7. The summed E-state index contributed by atoms with van der Waals surface area (Å²) in [4.78, 5) is 74.8. The Morgan fingerprint density at radius 2 is 1.30 bits per heavy atom. The van der Waals surface area contributed by atoms with Crippen molar-refractivity contribution in [1.82, 2.24) is 10.6 Å². The summed E-state index contributed by atoms with van der Waals surface area (Å²) >= 11 is 0. The van der Waals surface area contributed by atoms with Crippen LogP contribution in [0.3, 0.4) is 0 Å². The second-order valence-corrected chi connectivity index (χ2v) is 10.4. The first-order chi connectivity index (χ1) is 22.5. The molecule has 2 amide bonds. The Labute approximate surface area is 271 Å². The predicted molar refractivity (Wildman–Crippen MR) is 160 cm³/mol. The average Bonchev–Trinajstić information content (AvgIpc) is 3.03. The number of nitrogens with one attached hydrogen (secondary N) is 2. The van der Waals surface area contributed by atoms with Crippen molar-refractivity contribution in [3.63, 3.8) is 0 Å². The molecule has 1 heterocycles. The molecule has 0 radical (unpaired) electrons. The lowest BCUT2D eigenvalue weighted by Crippen LogP contribution is -2.66. The van der Waals surface area contributed by atoms with Gasteiger partial charge in [-0.3, -0.25) is 19.2 Å². The highest BCUT2D eigenvalue weighted by Gasteiger charge is 2.51. The molecule has 15 nitrogen and oxygen atoms in total. The van der Waals surface area contributed by atoms with Crippen LogP contribution in [0.15, 0.2) is 60.7 Å². The Morgan fingerprint density at radius 3 is 1.83 bits per heavy atom. The maximum Gasteiger partial charge on any atom is 0.408 e. The molecule has 2 N–H and O–H groups in total. The van der Waals surface area contributed by atoms with Crippen molar-refractivity contribution < 1.29 is 61.9 Å². The third kappa shape index (κ3) is 12.0. The van der Waals surface area contributed by atoms with Gasteiger partial charge in [0.15, 0.2) is 18.5 Å². The number of rotatable bonds is 14. The first-order valence-corrected chi connectivity index (χ1v) is 14.6. The Hall–Kier alpha value is -5.02. The Morgan fingerprint density at radius 1 is 0.745 bits per heavy atom. The largest absolute Gasteiger partial charge is 0.463 e. The molecule has 3 rings (SSSR count). The molecule has 0 bridgehead atoms. The SMILES string of the molecule is CO[C@@H]1O[C@H](COC(C)=O)[C@@H](OC(C)=O)[C@H](OC(C)=O)[C@H]1NC(=O)CC(NC(=O)OCc1ccccc1)C(=O)OCc1ccccc1. The summed E-state index contributed by atoms with van der Waals surface area (Å²) in [6.45, 7) is 2.75. The zero-order valence-electron chi connectivity index (χ0n) is 26.4. The highest BCUT2D eigenvalue weighted by molar-refractivity contribution is 5.88. The van der Waals surface area contributed by atoms with E-state index < -0.39 is 85.6 Å². The fourth-order valence-electron chi connectivity index (χ4n) is 4.62. The van der Waals surface area contributed by atoms with E-state index in [1.54, 1.807) is 60.7 Å². The predicted octanol–water partition coefficient (Wildman–Crippen LogP) is 1.70. The zero-order chi connectivity index (χ0) is 34.3. The minimum Gasteiger partial charge on any atom is -0.463 e. The van der Waals surface area contributed by atoms with E-state index in [0.29, 0.717) is 11.1 Å². The van der Waals surface area contributed by atoms with Crippen LogP contribution in [-0.4, -0.2) is 86.3 Å². The number of ether oxygens (including phenoxy) is 7. The van der Waals surface area contributed by atoms with Gasteiger partial charge in [0.05, 0.1) is 6.42 Å². The number of carbonyl (C=O) groups excluding carboxylic acids is 6. The monoisotopic (exact) mass is 658 g/mol. The van der Waals surface area contributed by atoms with Crippen LogP contribution in [0.1, 0.15) is 38.3 Å². The van der Waals surface area contributed by atoms with Crippen LogP contribution < -0.4 is 10.6 Å². The van der Waals surface area contributed by atoms with E-state index in [0.717, 1.165) is 20.8 Å². The van der Waals surface area contributed by atoms with Gasteiger partial charge in [0, 0.05) is 27.9 Å². The molecule has 0 spiro atoms. The lowest BCUT2D eigenvalue weighted by atomic mass is 9.95. The third-order valence-corrected chi connectivity index (χ3v) is 6.66. The van der Waals surface area contributed by atoms with Gasteiger partial charge in [-0.15, -0.1) is 0 Å². The maximum atomic E-state index is 13.4. The molecule has 1 unspecified atom stereocenters. The molecule has 15 heteroatoms. The molecular formula is C32H38N2O13. The summed E-state index contributed by atoms with van der Waals surface area (Å²) in [5.74, 6) is -3.98. The molecule has 254 valence electrons. The van der Waals surface area contributed by atoms with Gasteiger partial charge in [0.25, 0.3) is 0 Å².